The van der Waals surface area contributed by atoms with Gasteiger partial charge >= 0.3 is 5.97 Å². The normalized spacial score (nSPS) is 18.1. The molecule has 0 radical (unpaired) electrons. The Morgan fingerprint density at radius 3 is 2.19 bits per heavy atom. The van der Waals surface area contributed by atoms with E-state index >= 15 is 0 Å². The first-order chi connectivity index (χ1) is 12.4. The summed E-state index contributed by atoms with van der Waals surface area (Å²) in [7, 11) is 2.18. The lowest BCUT2D eigenvalue weighted by Crippen LogP contribution is -3.00. The lowest BCUT2D eigenvalue weighted by atomic mass is 9.77. The number of carbonyl (C=O) groups is 1. The second-order valence-corrected chi connectivity index (χ2v) is 8.00. The van der Waals surface area contributed by atoms with Gasteiger partial charge in [0.15, 0.2) is 0 Å². The molecule has 5 heteroatoms. The highest BCUT2D eigenvalue weighted by atomic mass is 79.9. The Morgan fingerprint density at radius 1 is 1.11 bits per heavy atom. The number of hydrogen-bond acceptors (Lipinski definition) is 3. The molecule has 1 aliphatic carbocycles. The van der Waals surface area contributed by atoms with E-state index in [2.05, 4.69) is 20.9 Å². The number of quaternary nitrogens is 1. The molecule has 1 atom stereocenters. The highest BCUT2D eigenvalue weighted by molar-refractivity contribution is 5.79. The number of benzene rings is 1. The van der Waals surface area contributed by atoms with E-state index in [1.807, 2.05) is 30.3 Å². The zero-order chi connectivity index (χ0) is 19.0. The molecule has 1 fully saturated rings. The van der Waals surface area contributed by atoms with E-state index in [0.717, 1.165) is 55.4 Å². The van der Waals surface area contributed by atoms with Crippen molar-refractivity contribution in [3.05, 3.63) is 35.9 Å². The Balaban J connectivity index is 0.00000364. The van der Waals surface area contributed by atoms with Crippen molar-refractivity contribution in [2.45, 2.75) is 63.9 Å². The molecule has 1 aromatic rings. The first-order valence-electron chi connectivity index (χ1n) is 10.2. The molecule has 4 nitrogen and oxygen atoms in total. The summed E-state index contributed by atoms with van der Waals surface area (Å²) in [4.78, 5) is 13.0. The molecule has 1 aliphatic rings. The van der Waals surface area contributed by atoms with Crippen LogP contribution in [0.25, 0.3) is 0 Å². The Kier molecular flexibility index (Phi) is 9.99. The fraction of sp³-hybridized carbons (Fsp3) is 0.682. The van der Waals surface area contributed by atoms with Gasteiger partial charge in [-0.2, -0.15) is 0 Å². The molecule has 1 aromatic carbocycles. The molecule has 0 aliphatic heterocycles. The number of rotatable bonds is 8. The topological polar surface area (TPSA) is 46.5 Å². The van der Waals surface area contributed by atoms with Gasteiger partial charge in [-0.15, -0.1) is 0 Å². The fourth-order valence-corrected chi connectivity index (χ4v) is 3.93. The third-order valence-corrected chi connectivity index (χ3v) is 6.28. The third kappa shape index (κ3) is 6.58. The largest absolute Gasteiger partial charge is 1.00 e. The number of ether oxygens (including phenoxy) is 1. The molecule has 2 rings (SSSR count). The first-order valence-corrected chi connectivity index (χ1v) is 10.2. The minimum atomic E-state index is -0.997. The lowest BCUT2D eigenvalue weighted by Gasteiger charge is -2.35. The van der Waals surface area contributed by atoms with Crippen LogP contribution in [0.15, 0.2) is 30.3 Å². The van der Waals surface area contributed by atoms with Gasteiger partial charge < -0.3 is 31.3 Å². The SMILES string of the molecule is CC[N+](C)(CC)CCOC(=O)C(c1ccccc1)C1(O)CCCCCC1.[Br-]. The van der Waals surface area contributed by atoms with Gasteiger partial charge in [-0.25, -0.2) is 0 Å². The molecular weight excluding hydrogens is 406 g/mol. The van der Waals surface area contributed by atoms with Crippen LogP contribution in [0.1, 0.15) is 63.9 Å². The van der Waals surface area contributed by atoms with Gasteiger partial charge in [-0.3, -0.25) is 4.79 Å². The number of halogens is 1. The second kappa shape index (κ2) is 11.2. The van der Waals surface area contributed by atoms with Crippen LogP contribution in [0.3, 0.4) is 0 Å². The number of carbonyl (C=O) groups excluding carboxylic acids is 1. The van der Waals surface area contributed by atoms with Crippen LogP contribution in [0, 0.1) is 0 Å². The minimum Gasteiger partial charge on any atom is -1.00 e. The van der Waals surface area contributed by atoms with Gasteiger partial charge in [0, 0.05) is 0 Å². The smallest absolute Gasteiger partial charge is 0.316 e. The molecule has 0 spiro atoms. The number of hydrogen-bond donors (Lipinski definition) is 1. The maximum Gasteiger partial charge on any atom is 0.316 e. The summed E-state index contributed by atoms with van der Waals surface area (Å²) < 4.78 is 6.59. The van der Waals surface area contributed by atoms with E-state index in [1.54, 1.807) is 0 Å². The molecule has 0 saturated heterocycles. The summed E-state index contributed by atoms with van der Waals surface area (Å²) in [6.45, 7) is 7.55. The number of aliphatic hydroxyl groups is 1. The number of likely N-dealkylation sites (N-methyl/N-ethyl adjacent to an activating group) is 1. The molecular formula is C22H36BrNO3. The summed E-state index contributed by atoms with van der Waals surface area (Å²) >= 11 is 0. The summed E-state index contributed by atoms with van der Waals surface area (Å²) in [5.41, 5.74) is -0.132. The summed E-state index contributed by atoms with van der Waals surface area (Å²) in [6, 6.07) is 9.67. The van der Waals surface area contributed by atoms with Crippen molar-refractivity contribution >= 4 is 5.97 Å². The standard InChI is InChI=1S/C22H36NO3.BrH/c1-4-23(3,5-2)17-18-26-21(24)20(19-13-9-8-10-14-19)22(25)15-11-6-7-12-16-22;/h8-10,13-14,20,25H,4-7,11-12,15-18H2,1-3H3;1H/q+1;/p-1. The number of nitrogens with zero attached hydrogens (tertiary/aromatic N) is 1. The zero-order valence-electron chi connectivity index (χ0n) is 17.1. The Hall–Kier alpha value is -0.910. The van der Waals surface area contributed by atoms with Crippen molar-refractivity contribution < 1.29 is 36.1 Å². The van der Waals surface area contributed by atoms with Crippen molar-refractivity contribution in [1.82, 2.24) is 0 Å². The van der Waals surface area contributed by atoms with E-state index in [1.165, 1.54) is 0 Å². The average molecular weight is 442 g/mol. The Labute approximate surface area is 175 Å². The van der Waals surface area contributed by atoms with Crippen LogP contribution in [0.2, 0.25) is 0 Å². The average Bonchev–Trinajstić information content (AvgIpc) is 2.87. The molecule has 0 heterocycles. The quantitative estimate of drug-likeness (QED) is 0.370. The van der Waals surface area contributed by atoms with Crippen molar-refractivity contribution in [1.29, 1.82) is 0 Å². The molecule has 0 bridgehead atoms. The van der Waals surface area contributed by atoms with Crippen LogP contribution in [-0.4, -0.2) is 54.4 Å². The van der Waals surface area contributed by atoms with Crippen molar-refractivity contribution in [2.24, 2.45) is 0 Å². The van der Waals surface area contributed by atoms with Gasteiger partial charge in [-0.05, 0) is 32.3 Å². The van der Waals surface area contributed by atoms with E-state index in [4.69, 9.17) is 4.74 Å². The maximum atomic E-state index is 13.0. The highest BCUT2D eigenvalue weighted by Gasteiger charge is 2.43. The van der Waals surface area contributed by atoms with Crippen LogP contribution >= 0.6 is 0 Å². The van der Waals surface area contributed by atoms with Crippen LogP contribution < -0.4 is 17.0 Å². The first kappa shape index (κ1) is 24.1. The van der Waals surface area contributed by atoms with Crippen LogP contribution in [0.5, 0.6) is 0 Å². The Morgan fingerprint density at radius 2 is 1.67 bits per heavy atom. The molecule has 1 N–H and O–H groups in total. The van der Waals surface area contributed by atoms with E-state index in [9.17, 15) is 9.90 Å². The molecule has 154 valence electrons. The van der Waals surface area contributed by atoms with E-state index < -0.39 is 11.5 Å². The number of esters is 1. The summed E-state index contributed by atoms with van der Waals surface area (Å²) in [6.07, 6.45) is 5.52. The lowest BCUT2D eigenvalue weighted by molar-refractivity contribution is -0.906. The fourth-order valence-electron chi connectivity index (χ4n) is 3.93. The van der Waals surface area contributed by atoms with E-state index in [0.29, 0.717) is 19.4 Å². The van der Waals surface area contributed by atoms with Gasteiger partial charge in [0.25, 0.3) is 0 Å². The van der Waals surface area contributed by atoms with Gasteiger partial charge in [0.2, 0.25) is 0 Å². The molecule has 27 heavy (non-hydrogen) atoms. The molecule has 1 unspecified atom stereocenters. The molecule has 1 saturated carbocycles. The van der Waals surface area contributed by atoms with Gasteiger partial charge in [-0.1, -0.05) is 56.0 Å². The molecule has 0 amide bonds. The predicted molar refractivity (Wildman–Crippen MR) is 105 cm³/mol. The minimum absolute atomic E-state index is 0. The third-order valence-electron chi connectivity index (χ3n) is 6.28. The summed E-state index contributed by atoms with van der Waals surface area (Å²) in [5.74, 6) is -0.872. The van der Waals surface area contributed by atoms with Crippen molar-refractivity contribution in [3.63, 3.8) is 0 Å². The van der Waals surface area contributed by atoms with Crippen molar-refractivity contribution in [2.75, 3.05) is 33.3 Å². The monoisotopic (exact) mass is 441 g/mol. The summed E-state index contributed by atoms with van der Waals surface area (Å²) in [5, 5.41) is 11.4. The van der Waals surface area contributed by atoms with Crippen molar-refractivity contribution in [3.8, 4) is 0 Å². The highest BCUT2D eigenvalue weighted by Crippen LogP contribution is 2.39. The second-order valence-electron chi connectivity index (χ2n) is 8.00. The van der Waals surface area contributed by atoms with Gasteiger partial charge in [0.1, 0.15) is 19.1 Å². The predicted octanol–water partition coefficient (Wildman–Crippen LogP) is 0.889. The van der Waals surface area contributed by atoms with E-state index in [-0.39, 0.29) is 23.0 Å². The Bertz CT molecular complexity index is 552. The zero-order valence-corrected chi connectivity index (χ0v) is 18.7. The van der Waals surface area contributed by atoms with Crippen LogP contribution in [0.4, 0.5) is 0 Å². The van der Waals surface area contributed by atoms with Crippen LogP contribution in [-0.2, 0) is 9.53 Å². The molecule has 0 aromatic heterocycles. The van der Waals surface area contributed by atoms with Gasteiger partial charge in [0.05, 0.1) is 25.7 Å². The maximum absolute atomic E-state index is 13.0.